The summed E-state index contributed by atoms with van der Waals surface area (Å²) in [5.74, 6) is 0.123. The molecule has 0 saturated carbocycles. The predicted molar refractivity (Wildman–Crippen MR) is 84.6 cm³/mol. The Morgan fingerprint density at radius 3 is 2.32 bits per heavy atom. The summed E-state index contributed by atoms with van der Waals surface area (Å²) in [5, 5.41) is 0. The number of ether oxygens (including phenoxy) is 1. The van der Waals surface area contributed by atoms with Gasteiger partial charge in [-0.3, -0.25) is 4.79 Å². The molecular formula is C16H24FN3O2. The molecule has 1 aliphatic rings. The summed E-state index contributed by atoms with van der Waals surface area (Å²) in [6.45, 7) is 4.10. The first-order chi connectivity index (χ1) is 10.6. The van der Waals surface area contributed by atoms with Gasteiger partial charge in [0.15, 0.2) is 0 Å². The molecule has 22 heavy (non-hydrogen) atoms. The molecule has 0 bridgehead atoms. The molecule has 1 saturated heterocycles. The highest BCUT2D eigenvalue weighted by Crippen LogP contribution is 2.24. The van der Waals surface area contributed by atoms with E-state index >= 15 is 0 Å². The molecule has 2 unspecified atom stereocenters. The Morgan fingerprint density at radius 1 is 1.27 bits per heavy atom. The number of hydrogen-bond acceptors (Lipinski definition) is 4. The normalized spacial score (nSPS) is 18.2. The minimum atomic E-state index is -0.657. The Balaban J connectivity index is 2.02. The van der Waals surface area contributed by atoms with E-state index in [-0.39, 0.29) is 5.91 Å². The first-order valence-electron chi connectivity index (χ1n) is 7.51. The number of carbonyl (C=O) groups excluding carboxylic acids is 1. The maximum absolute atomic E-state index is 12.7. The smallest absolute Gasteiger partial charge is 0.219 e. The standard InChI is InChI=1S/C16H24FN3O2/c1-12(21)19-7-9-20(10-8-19)14-5-3-13(4-6-14)16(22-2)15(18)11-17/h3-6,15-16H,7-11,18H2,1-2H3. The molecule has 0 radical (unpaired) electrons. The Labute approximate surface area is 130 Å². The minimum absolute atomic E-state index is 0.123. The van der Waals surface area contributed by atoms with E-state index in [4.69, 9.17) is 10.5 Å². The average molecular weight is 309 g/mol. The molecule has 0 aliphatic carbocycles. The van der Waals surface area contributed by atoms with Gasteiger partial charge in [0.05, 0.1) is 12.1 Å². The van der Waals surface area contributed by atoms with Gasteiger partial charge in [-0.25, -0.2) is 4.39 Å². The van der Waals surface area contributed by atoms with Crippen LogP contribution in [0.15, 0.2) is 24.3 Å². The second-order valence-electron chi connectivity index (χ2n) is 5.56. The zero-order valence-electron chi connectivity index (χ0n) is 13.2. The van der Waals surface area contributed by atoms with E-state index in [0.717, 1.165) is 37.4 Å². The quantitative estimate of drug-likeness (QED) is 0.892. The predicted octanol–water partition coefficient (Wildman–Crippen LogP) is 1.34. The van der Waals surface area contributed by atoms with E-state index in [0.29, 0.717) is 0 Å². The largest absolute Gasteiger partial charge is 0.375 e. The average Bonchev–Trinajstić information content (AvgIpc) is 2.56. The third kappa shape index (κ3) is 3.75. The number of carbonyl (C=O) groups is 1. The van der Waals surface area contributed by atoms with Gasteiger partial charge in [-0.15, -0.1) is 0 Å². The molecule has 2 atom stereocenters. The van der Waals surface area contributed by atoms with Gasteiger partial charge in [-0.05, 0) is 17.7 Å². The van der Waals surface area contributed by atoms with Crippen LogP contribution in [0.4, 0.5) is 10.1 Å². The highest BCUT2D eigenvalue weighted by Gasteiger charge is 2.21. The van der Waals surface area contributed by atoms with Gasteiger partial charge >= 0.3 is 0 Å². The van der Waals surface area contributed by atoms with Crippen LogP contribution in [0, 0.1) is 0 Å². The van der Waals surface area contributed by atoms with Crippen LogP contribution in [-0.4, -0.2) is 56.8 Å². The molecule has 2 N–H and O–H groups in total. The lowest BCUT2D eigenvalue weighted by Gasteiger charge is -2.35. The van der Waals surface area contributed by atoms with Gasteiger partial charge in [-0.1, -0.05) is 12.1 Å². The summed E-state index contributed by atoms with van der Waals surface area (Å²) < 4.78 is 18.0. The van der Waals surface area contributed by atoms with Crippen molar-refractivity contribution >= 4 is 11.6 Å². The molecule has 1 aliphatic heterocycles. The van der Waals surface area contributed by atoms with Crippen LogP contribution in [0.1, 0.15) is 18.6 Å². The molecule has 1 heterocycles. The lowest BCUT2D eigenvalue weighted by atomic mass is 10.0. The van der Waals surface area contributed by atoms with Crippen molar-refractivity contribution in [2.75, 3.05) is 44.9 Å². The minimum Gasteiger partial charge on any atom is -0.375 e. The molecule has 6 heteroatoms. The topological polar surface area (TPSA) is 58.8 Å². The molecule has 2 rings (SSSR count). The van der Waals surface area contributed by atoms with Crippen LogP contribution >= 0.6 is 0 Å². The second kappa shape index (κ2) is 7.56. The number of amides is 1. The summed E-state index contributed by atoms with van der Waals surface area (Å²) in [6.07, 6.45) is -0.436. The molecule has 0 aromatic heterocycles. The first kappa shape index (κ1) is 16.7. The van der Waals surface area contributed by atoms with E-state index in [9.17, 15) is 9.18 Å². The number of methoxy groups -OCH3 is 1. The molecule has 0 spiro atoms. The SMILES string of the molecule is COC(c1ccc(N2CCN(C(C)=O)CC2)cc1)C(N)CF. The van der Waals surface area contributed by atoms with Crippen molar-refractivity contribution in [3.8, 4) is 0 Å². The Hall–Kier alpha value is -1.66. The molecule has 5 nitrogen and oxygen atoms in total. The van der Waals surface area contributed by atoms with Crippen LogP contribution < -0.4 is 10.6 Å². The summed E-state index contributed by atoms with van der Waals surface area (Å²) >= 11 is 0. The van der Waals surface area contributed by atoms with Crippen LogP contribution in [0.2, 0.25) is 0 Å². The fraction of sp³-hybridized carbons (Fsp3) is 0.562. The molecule has 1 fully saturated rings. The monoisotopic (exact) mass is 309 g/mol. The summed E-state index contributed by atoms with van der Waals surface area (Å²) in [4.78, 5) is 15.4. The van der Waals surface area contributed by atoms with Gasteiger partial charge in [-0.2, -0.15) is 0 Å². The van der Waals surface area contributed by atoms with E-state index in [1.165, 1.54) is 7.11 Å². The maximum atomic E-state index is 12.7. The second-order valence-corrected chi connectivity index (χ2v) is 5.56. The summed E-state index contributed by atoms with van der Waals surface area (Å²) in [5.41, 5.74) is 7.70. The van der Waals surface area contributed by atoms with E-state index < -0.39 is 18.8 Å². The summed E-state index contributed by atoms with van der Waals surface area (Å²) in [7, 11) is 1.54. The number of anilines is 1. The number of nitrogens with two attached hydrogens (primary N) is 1. The third-order valence-corrected chi connectivity index (χ3v) is 4.13. The molecule has 122 valence electrons. The van der Waals surface area contributed by atoms with Crippen molar-refractivity contribution in [1.82, 2.24) is 4.90 Å². The highest BCUT2D eigenvalue weighted by atomic mass is 19.1. The highest BCUT2D eigenvalue weighted by molar-refractivity contribution is 5.73. The molecule has 1 aromatic rings. The number of nitrogens with zero attached hydrogens (tertiary/aromatic N) is 2. The van der Waals surface area contributed by atoms with E-state index in [1.54, 1.807) is 6.92 Å². The Morgan fingerprint density at radius 2 is 1.86 bits per heavy atom. The zero-order valence-corrected chi connectivity index (χ0v) is 13.2. The van der Waals surface area contributed by atoms with Gasteiger partial charge in [0.2, 0.25) is 5.91 Å². The lowest BCUT2D eigenvalue weighted by Crippen LogP contribution is -2.48. The van der Waals surface area contributed by atoms with Gasteiger partial charge in [0.25, 0.3) is 0 Å². The van der Waals surface area contributed by atoms with Gasteiger partial charge in [0, 0.05) is 45.9 Å². The van der Waals surface area contributed by atoms with Crippen molar-refractivity contribution in [1.29, 1.82) is 0 Å². The lowest BCUT2D eigenvalue weighted by molar-refractivity contribution is -0.129. The van der Waals surface area contributed by atoms with Gasteiger partial charge in [0.1, 0.15) is 6.67 Å². The number of piperazine rings is 1. The number of alkyl halides is 1. The van der Waals surface area contributed by atoms with Crippen LogP contribution in [0.3, 0.4) is 0 Å². The van der Waals surface area contributed by atoms with Crippen molar-refractivity contribution in [2.45, 2.75) is 19.1 Å². The van der Waals surface area contributed by atoms with Crippen molar-refractivity contribution in [2.24, 2.45) is 5.73 Å². The number of halogens is 1. The zero-order chi connectivity index (χ0) is 16.1. The van der Waals surface area contributed by atoms with E-state index in [1.807, 2.05) is 29.2 Å². The maximum Gasteiger partial charge on any atom is 0.219 e. The Bertz CT molecular complexity index is 487. The third-order valence-electron chi connectivity index (χ3n) is 4.13. The molecule has 1 aromatic carbocycles. The van der Waals surface area contributed by atoms with Crippen molar-refractivity contribution < 1.29 is 13.9 Å². The fourth-order valence-electron chi connectivity index (χ4n) is 2.79. The molecule has 1 amide bonds. The summed E-state index contributed by atoms with van der Waals surface area (Å²) in [6, 6.07) is 7.19. The van der Waals surface area contributed by atoms with Gasteiger partial charge < -0.3 is 20.3 Å². The van der Waals surface area contributed by atoms with Crippen molar-refractivity contribution in [3.63, 3.8) is 0 Å². The first-order valence-corrected chi connectivity index (χ1v) is 7.51. The van der Waals surface area contributed by atoms with Crippen LogP contribution in [0.25, 0.3) is 0 Å². The van der Waals surface area contributed by atoms with Crippen LogP contribution in [-0.2, 0) is 9.53 Å². The Kier molecular flexibility index (Phi) is 5.74. The number of benzene rings is 1. The van der Waals surface area contributed by atoms with Crippen LogP contribution in [0.5, 0.6) is 0 Å². The number of hydrogen-bond donors (Lipinski definition) is 1. The number of rotatable bonds is 5. The molecular weight excluding hydrogens is 285 g/mol. The van der Waals surface area contributed by atoms with E-state index in [2.05, 4.69) is 4.90 Å². The van der Waals surface area contributed by atoms with Crippen molar-refractivity contribution in [3.05, 3.63) is 29.8 Å². The fourth-order valence-corrected chi connectivity index (χ4v) is 2.79.